The number of benzene rings is 1. The molecule has 0 spiro atoms. The molecule has 1 aromatic carbocycles. The number of pyridine rings is 1. The lowest BCUT2D eigenvalue weighted by molar-refractivity contribution is 0.505. The molecule has 1 aliphatic carbocycles. The van der Waals surface area contributed by atoms with Crippen molar-refractivity contribution < 1.29 is 4.42 Å². The zero-order chi connectivity index (χ0) is 17.8. The van der Waals surface area contributed by atoms with Crippen LogP contribution in [0.3, 0.4) is 0 Å². The van der Waals surface area contributed by atoms with E-state index in [0.717, 1.165) is 22.8 Å². The largest absolute Gasteiger partial charge is 0.466 e. The topological polar surface area (TPSA) is 26.0 Å². The van der Waals surface area contributed by atoms with Crippen molar-refractivity contribution in [1.82, 2.24) is 4.98 Å². The number of hydrogen-bond acceptors (Lipinski definition) is 3. The van der Waals surface area contributed by atoms with Crippen LogP contribution in [0.5, 0.6) is 0 Å². The van der Waals surface area contributed by atoms with Gasteiger partial charge in [-0.2, -0.15) is 0 Å². The summed E-state index contributed by atoms with van der Waals surface area (Å²) in [7, 11) is 0. The molecule has 0 saturated heterocycles. The molecule has 0 atom stereocenters. The third kappa shape index (κ3) is 2.99. The van der Waals surface area contributed by atoms with Gasteiger partial charge >= 0.3 is 0 Å². The third-order valence-electron chi connectivity index (χ3n) is 5.35. The maximum atomic E-state index is 5.77. The average molecular weight is 396 g/mol. The van der Waals surface area contributed by atoms with E-state index in [1.165, 1.54) is 56.6 Å². The van der Waals surface area contributed by atoms with E-state index in [1.54, 1.807) is 0 Å². The molecule has 0 aliphatic heterocycles. The van der Waals surface area contributed by atoms with Crippen LogP contribution in [0.4, 0.5) is 0 Å². The maximum absolute atomic E-state index is 5.77. The summed E-state index contributed by atoms with van der Waals surface area (Å²) in [6, 6.07) is 13.2. The van der Waals surface area contributed by atoms with Crippen LogP contribution in [0.15, 0.2) is 40.8 Å². The Morgan fingerprint density at radius 1 is 0.963 bits per heavy atom. The highest BCUT2D eigenvalue weighted by Gasteiger charge is 2.23. The molecule has 138 valence electrons. The molecule has 0 radical (unpaired) electrons. The van der Waals surface area contributed by atoms with Crippen molar-refractivity contribution >= 4 is 34.0 Å². The maximum Gasteiger partial charge on any atom is 0.125 e. The number of hydrogen-bond donors (Lipinski definition) is 0. The SMILES string of the molecule is Cc1ccc(-c2cc(-c3cc(C)oc3C)nc3sc4c(c23)CCC4)cc1.Cl. The van der Waals surface area contributed by atoms with Gasteiger partial charge in [0.15, 0.2) is 0 Å². The van der Waals surface area contributed by atoms with E-state index in [0.29, 0.717) is 0 Å². The summed E-state index contributed by atoms with van der Waals surface area (Å²) in [6.45, 7) is 6.15. The quantitative estimate of drug-likeness (QED) is 0.363. The monoisotopic (exact) mass is 395 g/mol. The van der Waals surface area contributed by atoms with E-state index in [4.69, 9.17) is 9.40 Å². The predicted octanol–water partition coefficient (Wildman–Crippen LogP) is 7.06. The normalized spacial score (nSPS) is 13.0. The fourth-order valence-electron chi connectivity index (χ4n) is 4.08. The molecule has 4 aromatic rings. The van der Waals surface area contributed by atoms with Crippen LogP contribution in [-0.2, 0) is 12.8 Å². The van der Waals surface area contributed by atoms with Gasteiger partial charge in [-0.25, -0.2) is 4.98 Å². The van der Waals surface area contributed by atoms with Crippen LogP contribution in [0.1, 0.15) is 33.9 Å². The van der Waals surface area contributed by atoms with Crippen molar-refractivity contribution in [1.29, 1.82) is 0 Å². The number of fused-ring (bicyclic) bond motifs is 3. The number of aryl methyl sites for hydroxylation is 5. The third-order valence-corrected chi connectivity index (χ3v) is 6.54. The molecule has 4 heteroatoms. The van der Waals surface area contributed by atoms with Gasteiger partial charge in [0.25, 0.3) is 0 Å². The molecule has 5 rings (SSSR count). The van der Waals surface area contributed by atoms with Crippen LogP contribution in [0, 0.1) is 20.8 Å². The molecule has 2 nitrogen and oxygen atoms in total. The molecular formula is C23H22ClNOS. The Hall–Kier alpha value is -2.10. The summed E-state index contributed by atoms with van der Waals surface area (Å²) in [6.07, 6.45) is 3.65. The van der Waals surface area contributed by atoms with Gasteiger partial charge in [0.2, 0.25) is 0 Å². The second-order valence-electron chi connectivity index (χ2n) is 7.29. The van der Waals surface area contributed by atoms with E-state index in [-0.39, 0.29) is 12.4 Å². The van der Waals surface area contributed by atoms with Gasteiger partial charge < -0.3 is 4.42 Å². The fraction of sp³-hybridized carbons (Fsp3) is 0.261. The molecule has 0 fully saturated rings. The zero-order valence-electron chi connectivity index (χ0n) is 15.8. The first-order valence-corrected chi connectivity index (χ1v) is 10.0. The van der Waals surface area contributed by atoms with Crippen molar-refractivity contribution in [2.24, 2.45) is 0 Å². The minimum absolute atomic E-state index is 0. The second kappa shape index (κ2) is 6.81. The molecule has 0 saturated carbocycles. The second-order valence-corrected chi connectivity index (χ2v) is 8.37. The lowest BCUT2D eigenvalue weighted by Gasteiger charge is -2.09. The van der Waals surface area contributed by atoms with Gasteiger partial charge in [-0.3, -0.25) is 0 Å². The van der Waals surface area contributed by atoms with Crippen LogP contribution in [0.2, 0.25) is 0 Å². The average Bonchev–Trinajstić information content (AvgIpc) is 3.28. The summed E-state index contributed by atoms with van der Waals surface area (Å²) in [5.74, 6) is 1.87. The Kier molecular flexibility index (Phi) is 4.61. The molecule has 0 bridgehead atoms. The summed E-state index contributed by atoms with van der Waals surface area (Å²) in [4.78, 5) is 7.74. The fourth-order valence-corrected chi connectivity index (χ4v) is 5.37. The van der Waals surface area contributed by atoms with E-state index in [1.807, 2.05) is 25.2 Å². The van der Waals surface area contributed by atoms with Gasteiger partial charge in [0.1, 0.15) is 16.4 Å². The van der Waals surface area contributed by atoms with E-state index in [9.17, 15) is 0 Å². The highest BCUT2D eigenvalue weighted by molar-refractivity contribution is 7.19. The van der Waals surface area contributed by atoms with Crippen LogP contribution in [0.25, 0.3) is 32.6 Å². The minimum atomic E-state index is 0. The summed E-state index contributed by atoms with van der Waals surface area (Å²) < 4.78 is 5.77. The molecule has 0 unspecified atom stereocenters. The van der Waals surface area contributed by atoms with E-state index >= 15 is 0 Å². The first-order chi connectivity index (χ1) is 12.6. The van der Waals surface area contributed by atoms with Crippen LogP contribution < -0.4 is 0 Å². The number of halogens is 1. The highest BCUT2D eigenvalue weighted by Crippen LogP contribution is 2.43. The molecule has 3 heterocycles. The van der Waals surface area contributed by atoms with Gasteiger partial charge in [-0.1, -0.05) is 29.8 Å². The Balaban J connectivity index is 0.00000180. The molecule has 1 aliphatic rings. The number of rotatable bonds is 2. The smallest absolute Gasteiger partial charge is 0.125 e. The molecule has 0 amide bonds. The Labute approximate surface area is 169 Å². The van der Waals surface area contributed by atoms with Gasteiger partial charge in [-0.15, -0.1) is 23.7 Å². The summed E-state index contributed by atoms with van der Waals surface area (Å²) in [5.41, 5.74) is 7.52. The van der Waals surface area contributed by atoms with Crippen molar-refractivity contribution in [3.05, 3.63) is 63.9 Å². The number of nitrogens with zero attached hydrogens (tertiary/aromatic N) is 1. The van der Waals surface area contributed by atoms with E-state index in [2.05, 4.69) is 43.3 Å². The van der Waals surface area contributed by atoms with Crippen molar-refractivity contribution in [2.75, 3.05) is 0 Å². The number of furan rings is 1. The number of aromatic nitrogens is 1. The Morgan fingerprint density at radius 3 is 2.44 bits per heavy atom. The standard InChI is InChI=1S/C23H21NOS.ClH/c1-13-7-9-16(10-8-13)19-12-20(18-11-14(2)25-15(18)3)24-23-22(19)17-5-4-6-21(17)26-23;/h7-12H,4-6H2,1-3H3;1H. The van der Waals surface area contributed by atoms with Crippen LogP contribution >= 0.6 is 23.7 Å². The lowest BCUT2D eigenvalue weighted by atomic mass is 9.97. The minimum Gasteiger partial charge on any atom is -0.466 e. The van der Waals surface area contributed by atoms with Gasteiger partial charge in [-0.05, 0) is 68.9 Å². The Bertz CT molecular complexity index is 1140. The zero-order valence-corrected chi connectivity index (χ0v) is 17.4. The van der Waals surface area contributed by atoms with Crippen molar-refractivity contribution in [3.63, 3.8) is 0 Å². The van der Waals surface area contributed by atoms with Gasteiger partial charge in [0.05, 0.1) is 5.69 Å². The molecule has 3 aromatic heterocycles. The number of thiophene rings is 1. The summed E-state index contributed by atoms with van der Waals surface area (Å²) >= 11 is 1.88. The van der Waals surface area contributed by atoms with Crippen molar-refractivity contribution in [2.45, 2.75) is 40.0 Å². The highest BCUT2D eigenvalue weighted by atomic mass is 35.5. The van der Waals surface area contributed by atoms with Crippen molar-refractivity contribution in [3.8, 4) is 22.4 Å². The first-order valence-electron chi connectivity index (χ1n) is 9.20. The van der Waals surface area contributed by atoms with Crippen LogP contribution in [-0.4, -0.2) is 4.98 Å². The first kappa shape index (κ1) is 18.3. The molecule has 27 heavy (non-hydrogen) atoms. The van der Waals surface area contributed by atoms with Gasteiger partial charge in [0, 0.05) is 15.8 Å². The molecular weight excluding hydrogens is 374 g/mol. The molecule has 0 N–H and O–H groups in total. The summed E-state index contributed by atoms with van der Waals surface area (Å²) in [5, 5.41) is 1.37. The Morgan fingerprint density at radius 2 is 1.74 bits per heavy atom. The predicted molar refractivity (Wildman–Crippen MR) is 116 cm³/mol. The lowest BCUT2D eigenvalue weighted by Crippen LogP contribution is -1.90. The van der Waals surface area contributed by atoms with E-state index < -0.39 is 0 Å².